The number of hydrogen-bond acceptors (Lipinski definition) is 6. The Bertz CT molecular complexity index is 1240. The monoisotopic (exact) mass is 485 g/mol. The van der Waals surface area contributed by atoms with Gasteiger partial charge in [-0.3, -0.25) is 0 Å². The van der Waals surface area contributed by atoms with Gasteiger partial charge in [-0.1, -0.05) is 46.8 Å². The molecular weight excluding hydrogens is 459 g/mol. The minimum atomic E-state index is -5.93. The summed E-state index contributed by atoms with van der Waals surface area (Å²) in [5, 5.41) is 8.75. The van der Waals surface area contributed by atoms with Crippen molar-refractivity contribution in [1.82, 2.24) is 15.0 Å². The van der Waals surface area contributed by atoms with E-state index >= 15 is 0 Å². The summed E-state index contributed by atoms with van der Waals surface area (Å²) in [5.74, 6) is -0.830. The smallest absolute Gasteiger partial charge is 0.491 e. The maximum Gasteiger partial charge on any atom is 0.534 e. The molecule has 7 nitrogen and oxygen atoms in total. The summed E-state index contributed by atoms with van der Waals surface area (Å²) in [6, 6.07) is 9.93. The standard InChI is InChI=1S/C22H26F3N3O4S/c1-20(2,3)13-21(4,5)14-11-17(28-26-15-9-7-8-10-16(15)27-28)19(31-6)18(12-14)32-33(29,30)22(23,24)25/h7-12H,13H2,1-6H3. The highest BCUT2D eigenvalue weighted by molar-refractivity contribution is 7.88. The lowest BCUT2D eigenvalue weighted by molar-refractivity contribution is -0.0500. The van der Waals surface area contributed by atoms with Gasteiger partial charge in [0.2, 0.25) is 0 Å². The Kier molecular flexibility index (Phi) is 6.16. The number of hydrogen-bond donors (Lipinski definition) is 0. The van der Waals surface area contributed by atoms with Gasteiger partial charge in [-0.2, -0.15) is 21.6 Å². The highest BCUT2D eigenvalue weighted by atomic mass is 32.2. The van der Waals surface area contributed by atoms with Crippen molar-refractivity contribution in [2.75, 3.05) is 7.11 Å². The van der Waals surface area contributed by atoms with Gasteiger partial charge in [0.25, 0.3) is 0 Å². The van der Waals surface area contributed by atoms with Crippen LogP contribution in [-0.4, -0.2) is 36.0 Å². The first kappa shape index (κ1) is 24.8. The molecular formula is C22H26F3N3O4S. The van der Waals surface area contributed by atoms with E-state index in [0.717, 1.165) is 0 Å². The van der Waals surface area contributed by atoms with Gasteiger partial charge in [0.15, 0.2) is 11.5 Å². The first-order valence-corrected chi connectivity index (χ1v) is 11.5. The van der Waals surface area contributed by atoms with Crippen molar-refractivity contribution < 1.29 is 30.5 Å². The summed E-state index contributed by atoms with van der Waals surface area (Å²) in [4.78, 5) is 1.20. The maximum atomic E-state index is 13.1. The van der Waals surface area contributed by atoms with Crippen LogP contribution in [0.25, 0.3) is 16.7 Å². The van der Waals surface area contributed by atoms with Gasteiger partial charge >= 0.3 is 15.6 Å². The minimum absolute atomic E-state index is 0.124. The number of benzene rings is 2. The first-order chi connectivity index (χ1) is 15.0. The zero-order valence-corrected chi connectivity index (χ0v) is 20.0. The van der Waals surface area contributed by atoms with E-state index in [1.54, 1.807) is 30.3 Å². The number of methoxy groups -OCH3 is 1. The van der Waals surface area contributed by atoms with E-state index in [1.807, 2.05) is 34.6 Å². The fraction of sp³-hybridized carbons (Fsp3) is 0.455. The van der Waals surface area contributed by atoms with Crippen molar-refractivity contribution >= 4 is 21.2 Å². The van der Waals surface area contributed by atoms with Crippen LogP contribution in [0.5, 0.6) is 11.5 Å². The van der Waals surface area contributed by atoms with Crippen molar-refractivity contribution in [3.05, 3.63) is 42.0 Å². The second kappa shape index (κ2) is 8.19. The largest absolute Gasteiger partial charge is 0.534 e. The Morgan fingerprint density at radius 2 is 1.52 bits per heavy atom. The average Bonchev–Trinajstić information content (AvgIpc) is 3.08. The molecule has 0 bridgehead atoms. The van der Waals surface area contributed by atoms with Gasteiger partial charge in [-0.25, -0.2) is 0 Å². The van der Waals surface area contributed by atoms with Crippen LogP contribution < -0.4 is 8.92 Å². The van der Waals surface area contributed by atoms with Gasteiger partial charge < -0.3 is 8.92 Å². The molecule has 2 aromatic carbocycles. The highest BCUT2D eigenvalue weighted by Gasteiger charge is 2.49. The fourth-order valence-electron chi connectivity index (χ4n) is 3.95. The molecule has 33 heavy (non-hydrogen) atoms. The molecule has 0 saturated carbocycles. The number of aromatic nitrogens is 3. The molecule has 3 aromatic rings. The number of halogens is 3. The summed E-state index contributed by atoms with van der Waals surface area (Å²) < 4.78 is 72.8. The first-order valence-electron chi connectivity index (χ1n) is 10.1. The molecule has 0 aliphatic heterocycles. The number of nitrogens with zero attached hydrogens (tertiary/aromatic N) is 3. The summed E-state index contributed by atoms with van der Waals surface area (Å²) in [5.41, 5.74) is -4.50. The Morgan fingerprint density at radius 1 is 0.970 bits per heavy atom. The predicted molar refractivity (Wildman–Crippen MR) is 118 cm³/mol. The van der Waals surface area contributed by atoms with Gasteiger partial charge in [0, 0.05) is 0 Å². The van der Waals surface area contributed by atoms with Crippen molar-refractivity contribution in [2.45, 2.75) is 52.0 Å². The van der Waals surface area contributed by atoms with E-state index in [1.165, 1.54) is 18.0 Å². The third kappa shape index (κ3) is 5.23. The molecule has 0 unspecified atom stereocenters. The van der Waals surface area contributed by atoms with Crippen LogP contribution in [0.1, 0.15) is 46.6 Å². The van der Waals surface area contributed by atoms with Crippen LogP contribution in [0, 0.1) is 5.41 Å². The lowest BCUT2D eigenvalue weighted by Gasteiger charge is -2.33. The van der Waals surface area contributed by atoms with Crippen LogP contribution >= 0.6 is 0 Å². The lowest BCUT2D eigenvalue weighted by Crippen LogP contribution is -2.29. The molecule has 0 aliphatic rings. The van der Waals surface area contributed by atoms with E-state index in [2.05, 4.69) is 14.4 Å². The number of fused-ring (bicyclic) bond motifs is 1. The summed E-state index contributed by atoms with van der Waals surface area (Å²) in [7, 11) is -4.73. The molecule has 0 radical (unpaired) electrons. The van der Waals surface area contributed by atoms with E-state index in [4.69, 9.17) is 4.74 Å². The molecule has 3 rings (SSSR count). The third-order valence-corrected chi connectivity index (χ3v) is 5.94. The zero-order valence-electron chi connectivity index (χ0n) is 19.2. The lowest BCUT2D eigenvalue weighted by atomic mass is 9.72. The van der Waals surface area contributed by atoms with Crippen LogP contribution in [0.4, 0.5) is 13.2 Å². The molecule has 180 valence electrons. The fourth-order valence-corrected chi connectivity index (χ4v) is 4.41. The molecule has 0 saturated heterocycles. The zero-order chi connectivity index (χ0) is 24.8. The maximum absolute atomic E-state index is 13.1. The van der Waals surface area contributed by atoms with E-state index in [-0.39, 0.29) is 16.9 Å². The van der Waals surface area contributed by atoms with Gasteiger partial charge in [-0.05, 0) is 47.1 Å². The number of rotatable bonds is 6. The van der Waals surface area contributed by atoms with Gasteiger partial charge in [-0.15, -0.1) is 15.0 Å². The SMILES string of the molecule is COc1c(OS(=O)(=O)C(F)(F)F)cc(C(C)(C)CC(C)(C)C)cc1-n1nc2ccccc2n1. The van der Waals surface area contributed by atoms with E-state index < -0.39 is 26.8 Å². The van der Waals surface area contributed by atoms with Gasteiger partial charge in [0.1, 0.15) is 16.7 Å². The number of ether oxygens (including phenoxy) is 1. The van der Waals surface area contributed by atoms with E-state index in [0.29, 0.717) is 23.0 Å². The Hall–Kier alpha value is -2.82. The molecule has 11 heteroatoms. The van der Waals surface area contributed by atoms with Crippen molar-refractivity contribution in [3.63, 3.8) is 0 Å². The Morgan fingerprint density at radius 3 is 1.97 bits per heavy atom. The van der Waals surface area contributed by atoms with Crippen LogP contribution in [-0.2, 0) is 15.5 Å². The molecule has 0 atom stereocenters. The second-order valence-electron chi connectivity index (χ2n) is 9.61. The number of alkyl halides is 3. The van der Waals surface area contributed by atoms with Crippen LogP contribution in [0.3, 0.4) is 0 Å². The normalized spacial score (nSPS) is 13.4. The molecule has 0 amide bonds. The molecule has 0 fully saturated rings. The van der Waals surface area contributed by atoms with Crippen LogP contribution in [0.15, 0.2) is 36.4 Å². The second-order valence-corrected chi connectivity index (χ2v) is 11.1. The third-order valence-electron chi connectivity index (χ3n) is 4.98. The van der Waals surface area contributed by atoms with Crippen molar-refractivity contribution in [3.8, 4) is 17.2 Å². The molecule has 0 N–H and O–H groups in total. The Labute approximate surface area is 190 Å². The van der Waals surface area contributed by atoms with Crippen molar-refractivity contribution in [2.24, 2.45) is 5.41 Å². The predicted octanol–water partition coefficient (Wildman–Crippen LogP) is 5.37. The molecule has 1 aromatic heterocycles. The summed E-state index contributed by atoms with van der Waals surface area (Å²) in [6.45, 7) is 9.93. The van der Waals surface area contributed by atoms with Crippen LogP contribution in [0.2, 0.25) is 0 Å². The quantitative estimate of drug-likeness (QED) is 0.345. The minimum Gasteiger partial charge on any atom is -0.491 e. The molecule has 0 aliphatic carbocycles. The molecule has 1 heterocycles. The van der Waals surface area contributed by atoms with E-state index in [9.17, 15) is 21.6 Å². The summed E-state index contributed by atoms with van der Waals surface area (Å²) >= 11 is 0. The highest BCUT2D eigenvalue weighted by Crippen LogP contribution is 2.44. The topological polar surface area (TPSA) is 83.3 Å². The average molecular weight is 486 g/mol. The Balaban J connectivity index is 2.28. The summed E-state index contributed by atoms with van der Waals surface area (Å²) in [6.07, 6.45) is 0.645. The van der Waals surface area contributed by atoms with Gasteiger partial charge in [0.05, 0.1) is 7.11 Å². The molecule has 0 spiro atoms. The van der Waals surface area contributed by atoms with Crippen molar-refractivity contribution in [1.29, 1.82) is 0 Å².